The van der Waals surface area contributed by atoms with E-state index in [9.17, 15) is 26.0 Å². The third-order valence-corrected chi connectivity index (χ3v) is 4.70. The van der Waals surface area contributed by atoms with Gasteiger partial charge >= 0.3 is 0 Å². The molecule has 2 rings (SSSR count). The first kappa shape index (κ1) is 16.6. The van der Waals surface area contributed by atoms with Crippen molar-refractivity contribution >= 4 is 27.5 Å². The largest absolute Gasteiger partial charge is 0.288 e. The third-order valence-electron chi connectivity index (χ3n) is 2.53. The fourth-order valence-corrected chi connectivity index (χ4v) is 3.46. The van der Waals surface area contributed by atoms with Crippen molar-refractivity contribution in [3.05, 3.63) is 54.1 Å². The van der Waals surface area contributed by atoms with Crippen LogP contribution >= 0.6 is 11.8 Å². The summed E-state index contributed by atoms with van der Waals surface area (Å²) in [4.78, 5) is -0.928. The van der Waals surface area contributed by atoms with E-state index in [-0.39, 0.29) is 22.3 Å². The van der Waals surface area contributed by atoms with Crippen molar-refractivity contribution in [2.45, 2.75) is 15.5 Å². The number of nitrogens with one attached hydrogen (secondary N) is 1. The molecule has 0 unspecified atom stereocenters. The van der Waals surface area contributed by atoms with Crippen LogP contribution in [0.15, 0.2) is 52.3 Å². The molecule has 22 heavy (non-hydrogen) atoms. The number of alkyl halides is 2. The van der Waals surface area contributed by atoms with Gasteiger partial charge < -0.3 is 0 Å². The molecule has 0 aliphatic rings. The van der Waals surface area contributed by atoms with E-state index in [0.717, 1.165) is 6.07 Å². The summed E-state index contributed by atoms with van der Waals surface area (Å²) in [6.45, 7) is 0. The zero-order valence-corrected chi connectivity index (χ0v) is 12.4. The van der Waals surface area contributed by atoms with Crippen molar-refractivity contribution in [2.75, 3.05) is 4.72 Å². The molecule has 0 saturated carbocycles. The van der Waals surface area contributed by atoms with Crippen LogP contribution in [0.5, 0.6) is 0 Å². The highest BCUT2D eigenvalue weighted by molar-refractivity contribution is 7.99. The van der Waals surface area contributed by atoms with Gasteiger partial charge in [0.25, 0.3) is 15.8 Å². The summed E-state index contributed by atoms with van der Waals surface area (Å²) in [6.07, 6.45) is 0. The molecule has 2 aromatic rings. The Morgan fingerprint density at radius 2 is 1.73 bits per heavy atom. The summed E-state index contributed by atoms with van der Waals surface area (Å²) in [5.74, 6) is -4.83. The maximum atomic E-state index is 13.6. The number of benzene rings is 2. The average Bonchev–Trinajstić information content (AvgIpc) is 2.43. The number of halogens is 4. The molecule has 0 bridgehead atoms. The van der Waals surface area contributed by atoms with Crippen LogP contribution in [0, 0.1) is 11.6 Å². The van der Waals surface area contributed by atoms with Gasteiger partial charge in [0.2, 0.25) is 0 Å². The van der Waals surface area contributed by atoms with Gasteiger partial charge in [0, 0.05) is 4.90 Å². The average molecular weight is 351 g/mol. The lowest BCUT2D eigenvalue weighted by molar-refractivity contribution is 0.252. The zero-order valence-electron chi connectivity index (χ0n) is 10.8. The number of anilines is 1. The van der Waals surface area contributed by atoms with Crippen LogP contribution < -0.4 is 4.72 Å². The molecule has 0 atom stereocenters. The third kappa shape index (κ3) is 3.92. The van der Waals surface area contributed by atoms with Gasteiger partial charge in [0.05, 0.1) is 5.69 Å². The summed E-state index contributed by atoms with van der Waals surface area (Å²) in [5, 5.41) is 0. The minimum absolute atomic E-state index is 0.0297. The minimum Gasteiger partial charge on any atom is -0.278 e. The molecule has 0 aliphatic carbocycles. The predicted molar refractivity (Wildman–Crippen MR) is 75.5 cm³/mol. The Balaban J connectivity index is 2.39. The molecule has 3 nitrogen and oxygen atoms in total. The maximum Gasteiger partial charge on any atom is 0.288 e. The number of thioether (sulfide) groups is 1. The van der Waals surface area contributed by atoms with Crippen molar-refractivity contribution in [2.24, 2.45) is 0 Å². The van der Waals surface area contributed by atoms with Crippen molar-refractivity contribution in [1.29, 1.82) is 0 Å². The number of hydrogen-bond acceptors (Lipinski definition) is 3. The SMILES string of the molecule is O=S(=O)(Nc1ccccc1SC(F)F)c1cc(F)ccc1F. The summed E-state index contributed by atoms with van der Waals surface area (Å²) >= 11 is 0.140. The summed E-state index contributed by atoms with van der Waals surface area (Å²) in [7, 11) is -4.45. The lowest BCUT2D eigenvalue weighted by Crippen LogP contribution is -2.15. The van der Waals surface area contributed by atoms with E-state index in [0.29, 0.717) is 12.1 Å². The fraction of sp³-hybridized carbons (Fsp3) is 0.0769. The Labute approximate surface area is 128 Å². The lowest BCUT2D eigenvalue weighted by Gasteiger charge is -2.12. The molecule has 118 valence electrons. The van der Waals surface area contributed by atoms with Gasteiger partial charge in [-0.1, -0.05) is 23.9 Å². The van der Waals surface area contributed by atoms with E-state index in [4.69, 9.17) is 0 Å². The van der Waals surface area contributed by atoms with Crippen LogP contribution in [-0.4, -0.2) is 14.2 Å². The van der Waals surface area contributed by atoms with E-state index in [2.05, 4.69) is 0 Å². The van der Waals surface area contributed by atoms with Crippen LogP contribution in [0.3, 0.4) is 0 Å². The molecule has 0 heterocycles. The van der Waals surface area contributed by atoms with E-state index in [1.807, 2.05) is 4.72 Å². The standard InChI is InChI=1S/C13H9F4NO2S2/c14-8-5-6-9(15)12(7-8)22(19,20)18-10-3-1-2-4-11(10)21-13(16)17/h1-7,13,18H. The first-order valence-corrected chi connectivity index (χ1v) is 8.17. The van der Waals surface area contributed by atoms with Gasteiger partial charge in [-0.3, -0.25) is 4.72 Å². The van der Waals surface area contributed by atoms with Crippen molar-refractivity contribution in [3.63, 3.8) is 0 Å². The van der Waals surface area contributed by atoms with Gasteiger partial charge in [-0.15, -0.1) is 0 Å². The Bertz CT molecular complexity index is 781. The van der Waals surface area contributed by atoms with Crippen LogP contribution in [0.4, 0.5) is 23.2 Å². The molecular weight excluding hydrogens is 342 g/mol. The monoisotopic (exact) mass is 351 g/mol. The second-order valence-corrected chi connectivity index (χ2v) is 6.74. The van der Waals surface area contributed by atoms with Gasteiger partial charge in [0.1, 0.15) is 16.5 Å². The molecule has 0 amide bonds. The molecular formula is C13H9F4NO2S2. The lowest BCUT2D eigenvalue weighted by atomic mass is 10.3. The van der Waals surface area contributed by atoms with Crippen molar-refractivity contribution in [1.82, 2.24) is 0 Å². The smallest absolute Gasteiger partial charge is 0.278 e. The molecule has 0 fully saturated rings. The Hall–Kier alpha value is -1.74. The summed E-state index contributed by atoms with van der Waals surface area (Å²) in [6, 6.07) is 7.37. The molecule has 9 heteroatoms. The van der Waals surface area contributed by atoms with Crippen LogP contribution in [0.1, 0.15) is 0 Å². The van der Waals surface area contributed by atoms with Crippen molar-refractivity contribution < 1.29 is 26.0 Å². The van der Waals surface area contributed by atoms with Crippen LogP contribution in [0.25, 0.3) is 0 Å². The number of hydrogen-bond donors (Lipinski definition) is 1. The summed E-state index contributed by atoms with van der Waals surface area (Å²) < 4.78 is 77.8. The van der Waals surface area contributed by atoms with Gasteiger partial charge in [-0.25, -0.2) is 17.2 Å². The molecule has 0 spiro atoms. The number of sulfonamides is 1. The molecule has 0 aliphatic heterocycles. The number of para-hydroxylation sites is 1. The van der Waals surface area contributed by atoms with Gasteiger partial charge in [0.15, 0.2) is 0 Å². The zero-order chi connectivity index (χ0) is 16.3. The first-order valence-electron chi connectivity index (χ1n) is 5.81. The molecule has 2 aromatic carbocycles. The van der Waals surface area contributed by atoms with E-state index >= 15 is 0 Å². The summed E-state index contributed by atoms with van der Waals surface area (Å²) in [5.41, 5.74) is -0.142. The van der Waals surface area contributed by atoms with E-state index < -0.39 is 32.3 Å². The van der Waals surface area contributed by atoms with Crippen molar-refractivity contribution in [3.8, 4) is 0 Å². The highest BCUT2D eigenvalue weighted by Crippen LogP contribution is 2.33. The molecule has 0 aromatic heterocycles. The van der Waals surface area contributed by atoms with E-state index in [1.165, 1.54) is 24.3 Å². The Morgan fingerprint density at radius 1 is 1.05 bits per heavy atom. The topological polar surface area (TPSA) is 46.2 Å². The Morgan fingerprint density at radius 3 is 2.41 bits per heavy atom. The second kappa shape index (κ2) is 6.57. The maximum absolute atomic E-state index is 13.6. The first-order chi connectivity index (χ1) is 10.3. The highest BCUT2D eigenvalue weighted by atomic mass is 32.2. The second-order valence-electron chi connectivity index (χ2n) is 4.05. The quantitative estimate of drug-likeness (QED) is 0.652. The predicted octanol–water partition coefficient (Wildman–Crippen LogP) is 4.08. The fourth-order valence-electron chi connectivity index (χ4n) is 1.63. The van der Waals surface area contributed by atoms with Gasteiger partial charge in [-0.2, -0.15) is 8.78 Å². The van der Waals surface area contributed by atoms with Gasteiger partial charge in [-0.05, 0) is 30.3 Å². The Kier molecular flexibility index (Phi) is 4.97. The van der Waals surface area contributed by atoms with Crippen LogP contribution in [0.2, 0.25) is 0 Å². The normalized spacial score (nSPS) is 11.7. The minimum atomic E-state index is -4.45. The van der Waals surface area contributed by atoms with Crippen LogP contribution in [-0.2, 0) is 10.0 Å². The molecule has 1 N–H and O–H groups in total. The highest BCUT2D eigenvalue weighted by Gasteiger charge is 2.22. The van der Waals surface area contributed by atoms with E-state index in [1.54, 1.807) is 0 Å². The molecule has 0 radical (unpaired) electrons. The number of rotatable bonds is 5. The molecule has 0 saturated heterocycles.